The molecule has 1 unspecified atom stereocenters. The van der Waals surface area contributed by atoms with Gasteiger partial charge in [-0.3, -0.25) is 14.4 Å². The van der Waals surface area contributed by atoms with Gasteiger partial charge < -0.3 is 24.8 Å². The molecule has 186 valence electrons. The van der Waals surface area contributed by atoms with Crippen LogP contribution in [0.5, 0.6) is 5.75 Å². The quantitative estimate of drug-likeness (QED) is 0.662. The summed E-state index contributed by atoms with van der Waals surface area (Å²) >= 11 is 0. The van der Waals surface area contributed by atoms with Crippen molar-refractivity contribution in [3.8, 4) is 5.75 Å². The third kappa shape index (κ3) is 4.83. The minimum absolute atomic E-state index is 0.0259. The highest BCUT2D eigenvalue weighted by Crippen LogP contribution is 2.40. The summed E-state index contributed by atoms with van der Waals surface area (Å²) in [5, 5.41) is 2.96. The van der Waals surface area contributed by atoms with Crippen molar-refractivity contribution in [3.05, 3.63) is 60.2 Å². The van der Waals surface area contributed by atoms with Gasteiger partial charge in [0.15, 0.2) is 0 Å². The molecule has 4 rings (SSSR count). The maximum absolute atomic E-state index is 13.8. The Morgan fingerprint density at radius 1 is 1.06 bits per heavy atom. The summed E-state index contributed by atoms with van der Waals surface area (Å²) in [6.45, 7) is 5.22. The molecule has 2 aromatic rings. The van der Waals surface area contributed by atoms with Crippen molar-refractivity contribution in [2.45, 2.75) is 44.7 Å². The van der Waals surface area contributed by atoms with Gasteiger partial charge in [0.25, 0.3) is 11.8 Å². The van der Waals surface area contributed by atoms with Gasteiger partial charge in [-0.1, -0.05) is 37.3 Å². The molecule has 35 heavy (non-hydrogen) atoms. The summed E-state index contributed by atoms with van der Waals surface area (Å²) in [6, 6.07) is 17.1. The monoisotopic (exact) mass is 478 g/mol. The van der Waals surface area contributed by atoms with Crippen LogP contribution in [0.1, 0.15) is 43.5 Å². The minimum atomic E-state index is -0.782. The molecule has 0 saturated carbocycles. The van der Waals surface area contributed by atoms with E-state index in [1.54, 1.807) is 29.0 Å². The van der Waals surface area contributed by atoms with Gasteiger partial charge in [0.05, 0.1) is 19.3 Å². The van der Waals surface area contributed by atoms with Crippen molar-refractivity contribution in [1.29, 1.82) is 0 Å². The smallest absolute Gasteiger partial charge is 0.257 e. The van der Waals surface area contributed by atoms with E-state index in [2.05, 4.69) is 10.2 Å². The summed E-state index contributed by atoms with van der Waals surface area (Å²) in [5.74, 6) is 0.240. The van der Waals surface area contributed by atoms with Crippen LogP contribution >= 0.6 is 0 Å². The van der Waals surface area contributed by atoms with Gasteiger partial charge in [0, 0.05) is 24.8 Å². The van der Waals surface area contributed by atoms with Crippen LogP contribution in [0, 0.1) is 0 Å². The lowest BCUT2D eigenvalue weighted by Crippen LogP contribution is -2.57. The Bertz CT molecular complexity index is 1070. The molecule has 2 saturated heterocycles. The second-order valence-electron chi connectivity index (χ2n) is 9.31. The average Bonchev–Trinajstić information content (AvgIpc) is 3.15. The summed E-state index contributed by atoms with van der Waals surface area (Å²) in [7, 11) is 1.55. The van der Waals surface area contributed by atoms with Crippen LogP contribution in [0.3, 0.4) is 0 Å². The highest BCUT2D eigenvalue weighted by Gasteiger charge is 2.54. The van der Waals surface area contributed by atoms with E-state index in [-0.39, 0.29) is 30.3 Å². The number of carbonyl (C=O) groups is 3. The number of rotatable bonds is 7. The van der Waals surface area contributed by atoms with Crippen LogP contribution < -0.4 is 15.0 Å². The molecule has 2 heterocycles. The molecular weight excluding hydrogens is 444 g/mol. The Balaban J connectivity index is 1.54. The Kier molecular flexibility index (Phi) is 7.28. The zero-order chi connectivity index (χ0) is 25.0. The molecule has 3 amide bonds. The maximum atomic E-state index is 13.8. The van der Waals surface area contributed by atoms with Crippen molar-refractivity contribution in [2.24, 2.45) is 0 Å². The average molecular weight is 479 g/mol. The zero-order valence-electron chi connectivity index (χ0n) is 20.7. The molecule has 1 spiro atoms. The highest BCUT2D eigenvalue weighted by molar-refractivity contribution is 5.99. The number of methoxy groups -OCH3 is 1. The third-order valence-electron chi connectivity index (χ3n) is 7.15. The number of para-hydroxylation sites is 2. The Morgan fingerprint density at radius 2 is 1.71 bits per heavy atom. The number of amides is 3. The molecule has 8 nitrogen and oxygen atoms in total. The van der Waals surface area contributed by atoms with E-state index in [0.29, 0.717) is 43.9 Å². The number of carbonyl (C=O) groups excluding carboxylic acids is 3. The first kappa shape index (κ1) is 24.6. The lowest BCUT2D eigenvalue weighted by atomic mass is 9.85. The van der Waals surface area contributed by atoms with Crippen LogP contribution in [0.2, 0.25) is 0 Å². The lowest BCUT2D eigenvalue weighted by Gasteiger charge is -2.43. The molecule has 0 aromatic heterocycles. The van der Waals surface area contributed by atoms with Crippen LogP contribution in [-0.4, -0.2) is 72.5 Å². The molecule has 2 fully saturated rings. The number of likely N-dealkylation sites (tertiary alicyclic amines) is 1. The lowest BCUT2D eigenvalue weighted by molar-refractivity contribution is -0.137. The van der Waals surface area contributed by atoms with Crippen LogP contribution in [0.4, 0.5) is 5.69 Å². The fourth-order valence-corrected chi connectivity index (χ4v) is 4.99. The van der Waals surface area contributed by atoms with Crippen molar-refractivity contribution in [2.75, 3.05) is 38.3 Å². The largest absolute Gasteiger partial charge is 0.496 e. The predicted molar refractivity (Wildman–Crippen MR) is 134 cm³/mol. The van der Waals surface area contributed by atoms with Gasteiger partial charge >= 0.3 is 0 Å². The molecule has 0 aliphatic carbocycles. The molecular formula is C27H34N4O4. The first-order chi connectivity index (χ1) is 16.9. The van der Waals surface area contributed by atoms with E-state index < -0.39 is 5.54 Å². The Morgan fingerprint density at radius 3 is 2.37 bits per heavy atom. The summed E-state index contributed by atoms with van der Waals surface area (Å²) < 4.78 is 5.37. The first-order valence-corrected chi connectivity index (χ1v) is 12.2. The van der Waals surface area contributed by atoms with E-state index in [0.717, 1.165) is 12.1 Å². The normalized spacial score (nSPS) is 18.0. The topological polar surface area (TPSA) is 82.2 Å². The number of hydrogen-bond acceptors (Lipinski definition) is 5. The van der Waals surface area contributed by atoms with Gasteiger partial charge in [-0.2, -0.15) is 0 Å². The maximum Gasteiger partial charge on any atom is 0.257 e. The number of nitrogens with one attached hydrogen (secondary N) is 1. The van der Waals surface area contributed by atoms with Crippen LogP contribution in [0.15, 0.2) is 54.6 Å². The number of nitrogens with zero attached hydrogens (tertiary/aromatic N) is 3. The number of hydrogen-bond donors (Lipinski definition) is 1. The van der Waals surface area contributed by atoms with Gasteiger partial charge in [0.2, 0.25) is 5.91 Å². The van der Waals surface area contributed by atoms with Crippen molar-refractivity contribution in [1.82, 2.24) is 15.1 Å². The number of piperidine rings is 1. The summed E-state index contributed by atoms with van der Waals surface area (Å²) in [5.41, 5.74) is 0.678. The van der Waals surface area contributed by atoms with E-state index >= 15 is 0 Å². The molecule has 2 aliphatic heterocycles. The van der Waals surface area contributed by atoms with Gasteiger partial charge in [0.1, 0.15) is 17.8 Å². The molecule has 1 N–H and O–H groups in total. The molecule has 0 radical (unpaired) electrons. The summed E-state index contributed by atoms with van der Waals surface area (Å²) in [4.78, 5) is 45.2. The van der Waals surface area contributed by atoms with E-state index in [1.165, 1.54) is 0 Å². The Hall–Kier alpha value is -3.55. The fourth-order valence-electron chi connectivity index (χ4n) is 4.99. The Labute approximate surface area is 206 Å². The zero-order valence-corrected chi connectivity index (χ0v) is 20.7. The van der Waals surface area contributed by atoms with Crippen molar-refractivity contribution >= 4 is 23.4 Å². The number of ether oxygens (including phenoxy) is 1. The third-order valence-corrected chi connectivity index (χ3v) is 7.15. The van der Waals surface area contributed by atoms with E-state index in [1.807, 2.05) is 56.3 Å². The molecule has 8 heteroatoms. The van der Waals surface area contributed by atoms with Crippen LogP contribution in [-0.2, 0) is 9.59 Å². The molecule has 2 aromatic carbocycles. The standard InChI is InChI=1S/C27H34N4O4/c1-4-20(2)28-24(32)18-30-19-31(21-10-6-5-7-11-21)27(26(30)34)14-16-29(17-15-27)25(33)22-12-8-9-13-23(22)35-3/h5-13,20H,4,14-19H2,1-3H3,(H,28,32). The SMILES string of the molecule is CCC(C)NC(=O)CN1CN(c2ccccc2)C2(CCN(C(=O)c3ccccc3OC)CC2)C1=O. The fraction of sp³-hybridized carbons (Fsp3) is 0.444. The van der Waals surface area contributed by atoms with Gasteiger partial charge in [-0.15, -0.1) is 0 Å². The van der Waals surface area contributed by atoms with E-state index in [9.17, 15) is 14.4 Å². The minimum Gasteiger partial charge on any atom is -0.496 e. The van der Waals surface area contributed by atoms with Crippen LogP contribution in [0.25, 0.3) is 0 Å². The second kappa shape index (κ2) is 10.4. The predicted octanol–water partition coefficient (Wildman–Crippen LogP) is 2.89. The van der Waals surface area contributed by atoms with E-state index in [4.69, 9.17) is 4.74 Å². The molecule has 2 aliphatic rings. The molecule has 1 atom stereocenters. The van der Waals surface area contributed by atoms with Crippen molar-refractivity contribution < 1.29 is 19.1 Å². The second-order valence-corrected chi connectivity index (χ2v) is 9.31. The first-order valence-electron chi connectivity index (χ1n) is 12.2. The highest BCUT2D eigenvalue weighted by atomic mass is 16.5. The summed E-state index contributed by atoms with van der Waals surface area (Å²) in [6.07, 6.45) is 1.81. The number of anilines is 1. The van der Waals surface area contributed by atoms with Crippen molar-refractivity contribution in [3.63, 3.8) is 0 Å². The molecule has 0 bridgehead atoms. The number of benzene rings is 2. The van der Waals surface area contributed by atoms with Gasteiger partial charge in [-0.05, 0) is 50.5 Å². The van der Waals surface area contributed by atoms with Gasteiger partial charge in [-0.25, -0.2) is 0 Å².